The summed E-state index contributed by atoms with van der Waals surface area (Å²) in [4.78, 5) is 64.0. The number of piperidine rings is 2. The lowest BCUT2D eigenvalue weighted by Gasteiger charge is -2.34. The van der Waals surface area contributed by atoms with Crippen LogP contribution in [-0.2, 0) is 14.3 Å². The van der Waals surface area contributed by atoms with Crippen LogP contribution in [0.1, 0.15) is 67.2 Å². The number of anilines is 1. The number of nitrogens with zero attached hydrogens (tertiary/aromatic N) is 2. The first-order chi connectivity index (χ1) is 15.9. The summed E-state index contributed by atoms with van der Waals surface area (Å²) in [6.45, 7) is 6.18. The third kappa shape index (κ3) is 4.59. The number of halogens is 1. The van der Waals surface area contributed by atoms with Crippen LogP contribution in [0.4, 0.5) is 14.9 Å². The van der Waals surface area contributed by atoms with Crippen LogP contribution in [0.25, 0.3) is 0 Å². The number of ether oxygens (including phenoxy) is 1. The number of hydrogen-bond acceptors (Lipinski definition) is 7. The number of carbonyl (C=O) groups is 5. The number of fused-ring (bicyclic) bond motifs is 1. The van der Waals surface area contributed by atoms with Gasteiger partial charge in [-0.15, -0.1) is 0 Å². The van der Waals surface area contributed by atoms with E-state index >= 15 is 0 Å². The van der Waals surface area contributed by atoms with Crippen LogP contribution < -0.4 is 15.5 Å². The summed E-state index contributed by atoms with van der Waals surface area (Å²) in [5.74, 6) is -3.26. The highest BCUT2D eigenvalue weighted by atomic mass is 19.1. The maximum Gasteiger partial charge on any atom is 0.407 e. The standard InChI is InChI=1S/C23H27FN4O6/c1-23(2,3)34-22(33)25-12-6-8-27(9-7-12)17-11-14-13(10-15(17)24)20(31)28(21(14)32)16-4-5-18(29)26-19(16)30/h10-12,16H,4-9H2,1-3H3,(H,25,33)(H,26,29,30). The van der Waals surface area contributed by atoms with Gasteiger partial charge >= 0.3 is 6.09 Å². The first-order valence-electron chi connectivity index (χ1n) is 11.2. The summed E-state index contributed by atoms with van der Waals surface area (Å²) >= 11 is 0. The van der Waals surface area contributed by atoms with Crippen LogP contribution in [0, 0.1) is 5.82 Å². The van der Waals surface area contributed by atoms with Crippen LogP contribution in [0.5, 0.6) is 0 Å². The van der Waals surface area contributed by atoms with Gasteiger partial charge in [0.05, 0.1) is 16.8 Å². The maximum atomic E-state index is 15.0. The number of benzene rings is 1. The van der Waals surface area contributed by atoms with Gasteiger partial charge in [-0.1, -0.05) is 0 Å². The second-order valence-electron chi connectivity index (χ2n) is 9.70. The lowest BCUT2D eigenvalue weighted by Crippen LogP contribution is -2.54. The Morgan fingerprint density at radius 2 is 1.68 bits per heavy atom. The van der Waals surface area contributed by atoms with Gasteiger partial charge in [0.25, 0.3) is 11.8 Å². The summed E-state index contributed by atoms with van der Waals surface area (Å²) in [6, 6.07) is 1.14. The van der Waals surface area contributed by atoms with E-state index in [4.69, 9.17) is 4.74 Å². The van der Waals surface area contributed by atoms with E-state index in [0.717, 1.165) is 11.0 Å². The Labute approximate surface area is 195 Å². The van der Waals surface area contributed by atoms with Gasteiger partial charge < -0.3 is 15.0 Å². The minimum absolute atomic E-state index is 0.00962. The van der Waals surface area contributed by atoms with E-state index in [-0.39, 0.29) is 35.7 Å². The van der Waals surface area contributed by atoms with E-state index in [1.165, 1.54) is 6.07 Å². The quantitative estimate of drug-likeness (QED) is 0.639. The van der Waals surface area contributed by atoms with Crippen molar-refractivity contribution in [3.8, 4) is 0 Å². The van der Waals surface area contributed by atoms with E-state index < -0.39 is 47.2 Å². The highest BCUT2D eigenvalue weighted by Crippen LogP contribution is 2.33. The molecule has 1 unspecified atom stereocenters. The number of alkyl carbamates (subject to hydrolysis) is 1. The maximum absolute atomic E-state index is 15.0. The van der Waals surface area contributed by atoms with Gasteiger partial charge in [-0.2, -0.15) is 0 Å². The summed E-state index contributed by atoms with van der Waals surface area (Å²) in [5, 5.41) is 4.95. The predicted molar refractivity (Wildman–Crippen MR) is 118 cm³/mol. The highest BCUT2D eigenvalue weighted by molar-refractivity contribution is 6.23. The van der Waals surface area contributed by atoms with Crippen molar-refractivity contribution in [2.24, 2.45) is 0 Å². The van der Waals surface area contributed by atoms with E-state index in [1.54, 1.807) is 25.7 Å². The van der Waals surface area contributed by atoms with Gasteiger partial charge in [0, 0.05) is 25.6 Å². The average Bonchev–Trinajstić information content (AvgIpc) is 2.96. The Bertz CT molecular complexity index is 1070. The SMILES string of the molecule is CC(C)(C)OC(=O)NC1CCN(c2cc3c(cc2F)C(=O)N(C2CCC(=O)NC2=O)C3=O)CC1. The summed E-state index contributed by atoms with van der Waals surface area (Å²) in [6.07, 6.45) is 0.627. The molecule has 1 aromatic rings. The van der Waals surface area contributed by atoms with Crippen LogP contribution in [-0.4, -0.2) is 65.4 Å². The molecular weight excluding hydrogens is 447 g/mol. The van der Waals surface area contributed by atoms with Crippen molar-refractivity contribution in [1.29, 1.82) is 0 Å². The van der Waals surface area contributed by atoms with Crippen LogP contribution in [0.15, 0.2) is 12.1 Å². The first-order valence-corrected chi connectivity index (χ1v) is 11.2. The Kier molecular flexibility index (Phi) is 6.05. The molecule has 11 heteroatoms. The Hall–Kier alpha value is -3.50. The fourth-order valence-corrected chi connectivity index (χ4v) is 4.46. The van der Waals surface area contributed by atoms with Crippen molar-refractivity contribution in [3.63, 3.8) is 0 Å². The lowest BCUT2D eigenvalue weighted by atomic mass is 10.0. The molecule has 0 bridgehead atoms. The largest absolute Gasteiger partial charge is 0.444 e. The molecule has 182 valence electrons. The van der Waals surface area contributed by atoms with Gasteiger partial charge in [-0.05, 0) is 52.2 Å². The fourth-order valence-electron chi connectivity index (χ4n) is 4.46. The molecule has 3 aliphatic heterocycles. The highest BCUT2D eigenvalue weighted by Gasteiger charge is 2.45. The molecule has 0 radical (unpaired) electrons. The number of carbonyl (C=O) groups excluding carboxylic acids is 5. The normalized spacial score (nSPS) is 21.5. The molecule has 5 amide bonds. The zero-order valence-corrected chi connectivity index (χ0v) is 19.3. The minimum Gasteiger partial charge on any atom is -0.444 e. The number of hydrogen-bond donors (Lipinski definition) is 2. The molecule has 2 N–H and O–H groups in total. The van der Waals surface area contributed by atoms with E-state index in [2.05, 4.69) is 10.6 Å². The number of imide groups is 2. The van der Waals surface area contributed by atoms with Crippen molar-refractivity contribution < 1.29 is 33.1 Å². The topological polar surface area (TPSA) is 125 Å². The van der Waals surface area contributed by atoms with Gasteiger partial charge in [0.15, 0.2) is 0 Å². The number of amides is 5. The summed E-state index contributed by atoms with van der Waals surface area (Å²) < 4.78 is 20.3. The summed E-state index contributed by atoms with van der Waals surface area (Å²) in [5.41, 5.74) is -0.498. The van der Waals surface area contributed by atoms with Gasteiger partial charge in [-0.25, -0.2) is 9.18 Å². The minimum atomic E-state index is -1.11. The van der Waals surface area contributed by atoms with E-state index in [0.29, 0.717) is 25.9 Å². The Morgan fingerprint density at radius 3 is 2.26 bits per heavy atom. The molecule has 3 heterocycles. The molecular formula is C23H27FN4O6. The van der Waals surface area contributed by atoms with Crippen LogP contribution in [0.3, 0.4) is 0 Å². The monoisotopic (exact) mass is 474 g/mol. The van der Waals surface area contributed by atoms with Crippen LogP contribution >= 0.6 is 0 Å². The molecule has 2 saturated heterocycles. The fraction of sp³-hybridized carbons (Fsp3) is 0.522. The molecule has 34 heavy (non-hydrogen) atoms. The number of rotatable bonds is 3. The van der Waals surface area contributed by atoms with Crippen molar-refractivity contribution in [1.82, 2.24) is 15.5 Å². The number of nitrogens with one attached hydrogen (secondary N) is 2. The Balaban J connectivity index is 1.46. The molecule has 0 aromatic heterocycles. The van der Waals surface area contributed by atoms with E-state index in [1.807, 2.05) is 0 Å². The molecule has 4 rings (SSSR count). The molecule has 1 aromatic carbocycles. The molecule has 1 atom stereocenters. The predicted octanol–water partition coefficient (Wildman–Crippen LogP) is 1.72. The van der Waals surface area contributed by atoms with Crippen molar-refractivity contribution in [2.45, 2.75) is 64.1 Å². The van der Waals surface area contributed by atoms with Crippen molar-refractivity contribution in [3.05, 3.63) is 29.1 Å². The first kappa shape index (κ1) is 23.7. The van der Waals surface area contributed by atoms with Crippen molar-refractivity contribution in [2.75, 3.05) is 18.0 Å². The van der Waals surface area contributed by atoms with Gasteiger partial charge in [0.2, 0.25) is 11.8 Å². The Morgan fingerprint density at radius 1 is 1.06 bits per heavy atom. The van der Waals surface area contributed by atoms with Crippen molar-refractivity contribution >= 4 is 35.4 Å². The molecule has 10 nitrogen and oxygen atoms in total. The second-order valence-corrected chi connectivity index (χ2v) is 9.70. The smallest absolute Gasteiger partial charge is 0.407 e. The third-order valence-corrected chi connectivity index (χ3v) is 6.06. The lowest BCUT2D eigenvalue weighted by molar-refractivity contribution is -0.136. The molecule has 3 aliphatic rings. The third-order valence-electron chi connectivity index (χ3n) is 6.06. The molecule has 0 aliphatic carbocycles. The average molecular weight is 474 g/mol. The molecule has 0 spiro atoms. The zero-order chi connectivity index (χ0) is 24.8. The zero-order valence-electron chi connectivity index (χ0n) is 19.3. The second kappa shape index (κ2) is 8.69. The van der Waals surface area contributed by atoms with Crippen LogP contribution in [0.2, 0.25) is 0 Å². The van der Waals surface area contributed by atoms with Gasteiger partial charge in [-0.3, -0.25) is 29.4 Å². The summed E-state index contributed by atoms with van der Waals surface area (Å²) in [7, 11) is 0. The molecule has 0 saturated carbocycles. The molecule has 2 fully saturated rings. The van der Waals surface area contributed by atoms with Gasteiger partial charge in [0.1, 0.15) is 17.5 Å². The van der Waals surface area contributed by atoms with E-state index in [9.17, 15) is 28.4 Å².